The first-order valence-corrected chi connectivity index (χ1v) is 8.63. The van der Waals surface area contributed by atoms with E-state index >= 15 is 0 Å². The average molecular weight is 301 g/mol. The van der Waals surface area contributed by atoms with Gasteiger partial charge in [0.25, 0.3) is 5.91 Å². The average Bonchev–Trinajstić information content (AvgIpc) is 2.56. The molecule has 0 aromatic heterocycles. The zero-order chi connectivity index (χ0) is 14.7. The van der Waals surface area contributed by atoms with Crippen molar-refractivity contribution in [1.29, 1.82) is 0 Å². The second-order valence-corrected chi connectivity index (χ2v) is 7.92. The third kappa shape index (κ3) is 2.53. The number of amides is 1. The molecule has 0 bridgehead atoms. The van der Waals surface area contributed by atoms with Crippen LogP contribution in [0.1, 0.15) is 6.42 Å². The van der Waals surface area contributed by atoms with E-state index in [2.05, 4.69) is 5.48 Å². The molecule has 3 rings (SSSR count). The van der Waals surface area contributed by atoms with Gasteiger partial charge in [-0.15, -0.1) is 0 Å². The molecule has 1 heterocycles. The topological polar surface area (TPSA) is 55.4 Å². The van der Waals surface area contributed by atoms with Crippen molar-refractivity contribution in [1.82, 2.24) is 5.48 Å². The number of hydroxylamine groups is 1. The molecule has 1 fully saturated rings. The summed E-state index contributed by atoms with van der Waals surface area (Å²) < 4.78 is 13.9. The SMILES string of the molecule is O=C1NOCCC1P(=O)(c1ccccc1)c1ccccc1. The van der Waals surface area contributed by atoms with Crippen LogP contribution in [-0.2, 0) is 14.2 Å². The summed E-state index contributed by atoms with van der Waals surface area (Å²) in [6, 6.07) is 18.5. The van der Waals surface area contributed by atoms with E-state index in [1.165, 1.54) is 0 Å². The van der Waals surface area contributed by atoms with E-state index in [1.54, 1.807) is 0 Å². The highest BCUT2D eigenvalue weighted by molar-refractivity contribution is 7.80. The second kappa shape index (κ2) is 5.84. The fraction of sp³-hybridized carbons (Fsp3) is 0.188. The summed E-state index contributed by atoms with van der Waals surface area (Å²) in [5, 5.41) is 1.41. The Labute approximate surface area is 123 Å². The first-order valence-electron chi connectivity index (χ1n) is 6.85. The van der Waals surface area contributed by atoms with Gasteiger partial charge in [0.05, 0.1) is 6.61 Å². The van der Waals surface area contributed by atoms with Crippen LogP contribution in [0.15, 0.2) is 60.7 Å². The van der Waals surface area contributed by atoms with Crippen molar-refractivity contribution in [3.05, 3.63) is 60.7 Å². The lowest BCUT2D eigenvalue weighted by molar-refractivity contribution is -0.138. The summed E-state index contributed by atoms with van der Waals surface area (Å²) in [6.07, 6.45) is 0.451. The van der Waals surface area contributed by atoms with E-state index in [1.807, 2.05) is 60.7 Å². The summed E-state index contributed by atoms with van der Waals surface area (Å²) in [4.78, 5) is 17.1. The van der Waals surface area contributed by atoms with Crippen LogP contribution in [0.5, 0.6) is 0 Å². The molecule has 108 valence electrons. The van der Waals surface area contributed by atoms with Gasteiger partial charge in [-0.2, -0.15) is 0 Å². The maximum absolute atomic E-state index is 13.9. The Morgan fingerprint density at radius 3 is 1.95 bits per heavy atom. The van der Waals surface area contributed by atoms with Crippen molar-refractivity contribution in [2.45, 2.75) is 12.1 Å². The molecule has 1 N–H and O–H groups in total. The van der Waals surface area contributed by atoms with E-state index in [0.29, 0.717) is 23.6 Å². The molecule has 5 heteroatoms. The molecule has 21 heavy (non-hydrogen) atoms. The summed E-state index contributed by atoms with van der Waals surface area (Å²) in [6.45, 7) is 0.375. The quantitative estimate of drug-likeness (QED) is 0.880. The highest BCUT2D eigenvalue weighted by atomic mass is 31.2. The lowest BCUT2D eigenvalue weighted by Gasteiger charge is -2.30. The van der Waals surface area contributed by atoms with Crippen molar-refractivity contribution in [2.24, 2.45) is 0 Å². The van der Waals surface area contributed by atoms with Gasteiger partial charge < -0.3 is 4.57 Å². The molecule has 1 aliphatic heterocycles. The molecule has 1 aliphatic rings. The van der Waals surface area contributed by atoms with E-state index in [9.17, 15) is 9.36 Å². The van der Waals surface area contributed by atoms with Gasteiger partial charge in [0, 0.05) is 10.6 Å². The predicted octanol–water partition coefficient (Wildman–Crippen LogP) is 1.82. The van der Waals surface area contributed by atoms with Crippen LogP contribution in [0.25, 0.3) is 0 Å². The molecule has 2 aromatic rings. The number of hydrogen-bond acceptors (Lipinski definition) is 3. The predicted molar refractivity (Wildman–Crippen MR) is 82.3 cm³/mol. The first kappa shape index (κ1) is 14.1. The largest absolute Gasteiger partial charge is 0.313 e. The lowest BCUT2D eigenvalue weighted by atomic mass is 10.3. The highest BCUT2D eigenvalue weighted by Gasteiger charge is 2.42. The van der Waals surface area contributed by atoms with E-state index in [-0.39, 0.29) is 5.91 Å². The van der Waals surface area contributed by atoms with E-state index in [0.717, 1.165) is 0 Å². The molecule has 1 unspecified atom stereocenters. The fourth-order valence-corrected chi connectivity index (χ4v) is 5.75. The summed E-state index contributed by atoms with van der Waals surface area (Å²) in [5.74, 6) is -0.308. The molecule has 1 atom stereocenters. The van der Waals surface area contributed by atoms with Gasteiger partial charge in [-0.05, 0) is 6.42 Å². The molecule has 4 nitrogen and oxygen atoms in total. The smallest absolute Gasteiger partial charge is 0.254 e. The van der Waals surface area contributed by atoms with Crippen molar-refractivity contribution in [3.8, 4) is 0 Å². The normalized spacial score (nSPS) is 19.0. The molecule has 0 aliphatic carbocycles. The van der Waals surface area contributed by atoms with Crippen molar-refractivity contribution >= 4 is 23.7 Å². The van der Waals surface area contributed by atoms with Gasteiger partial charge in [0.15, 0.2) is 7.14 Å². The zero-order valence-electron chi connectivity index (χ0n) is 11.4. The van der Waals surface area contributed by atoms with Crippen LogP contribution in [0.2, 0.25) is 0 Å². The van der Waals surface area contributed by atoms with Crippen LogP contribution in [-0.4, -0.2) is 18.2 Å². The maximum Gasteiger partial charge on any atom is 0.254 e. The molecule has 1 amide bonds. The number of hydrogen-bond donors (Lipinski definition) is 1. The standard InChI is InChI=1S/C16H16NO3P/c18-16-15(11-12-20-17-16)21(19,13-7-3-1-4-8-13)14-9-5-2-6-10-14/h1-10,15H,11-12H2,(H,17,18). The van der Waals surface area contributed by atoms with Gasteiger partial charge in [-0.3, -0.25) is 9.63 Å². The number of benzene rings is 2. The second-order valence-electron chi connectivity index (χ2n) is 4.95. The van der Waals surface area contributed by atoms with Gasteiger partial charge in [0.2, 0.25) is 0 Å². The van der Waals surface area contributed by atoms with Crippen molar-refractivity contribution in [3.63, 3.8) is 0 Å². The third-order valence-corrected chi connectivity index (χ3v) is 7.19. The van der Waals surface area contributed by atoms with Gasteiger partial charge >= 0.3 is 0 Å². The van der Waals surface area contributed by atoms with Crippen LogP contribution in [0.3, 0.4) is 0 Å². The minimum absolute atomic E-state index is 0.308. The molecular weight excluding hydrogens is 285 g/mol. The highest BCUT2D eigenvalue weighted by Crippen LogP contribution is 2.50. The van der Waals surface area contributed by atoms with Crippen molar-refractivity contribution in [2.75, 3.05) is 6.61 Å². The summed E-state index contributed by atoms with van der Waals surface area (Å²) >= 11 is 0. The molecular formula is C16H16NO3P. The number of carbonyl (C=O) groups is 1. The molecule has 0 radical (unpaired) electrons. The van der Waals surface area contributed by atoms with E-state index < -0.39 is 12.8 Å². The lowest BCUT2D eigenvalue weighted by Crippen LogP contribution is -2.44. The van der Waals surface area contributed by atoms with E-state index in [4.69, 9.17) is 4.84 Å². The number of rotatable bonds is 3. The fourth-order valence-electron chi connectivity index (χ4n) is 2.65. The van der Waals surface area contributed by atoms with Gasteiger partial charge in [-0.1, -0.05) is 60.7 Å². The minimum atomic E-state index is -3.05. The summed E-state index contributed by atoms with van der Waals surface area (Å²) in [5.41, 5.74) is 1.78. The molecule has 1 saturated heterocycles. The molecule has 2 aromatic carbocycles. The Balaban J connectivity index is 2.16. The zero-order valence-corrected chi connectivity index (χ0v) is 12.3. The Bertz CT molecular complexity index is 629. The van der Waals surface area contributed by atoms with Crippen LogP contribution in [0, 0.1) is 0 Å². The number of carbonyl (C=O) groups excluding carboxylic acids is 1. The Hall–Kier alpha value is -1.90. The number of nitrogens with one attached hydrogen (secondary N) is 1. The minimum Gasteiger partial charge on any atom is -0.313 e. The first-order chi connectivity index (χ1) is 10.2. The monoisotopic (exact) mass is 301 g/mol. The Morgan fingerprint density at radius 1 is 0.952 bits per heavy atom. The summed E-state index contributed by atoms with van der Waals surface area (Å²) in [7, 11) is -3.05. The van der Waals surface area contributed by atoms with Crippen LogP contribution < -0.4 is 16.1 Å². The molecule has 0 spiro atoms. The van der Waals surface area contributed by atoms with Gasteiger partial charge in [0.1, 0.15) is 5.66 Å². The molecule has 0 saturated carbocycles. The third-order valence-electron chi connectivity index (χ3n) is 3.69. The van der Waals surface area contributed by atoms with Crippen molar-refractivity contribution < 1.29 is 14.2 Å². The maximum atomic E-state index is 13.9. The Morgan fingerprint density at radius 2 is 1.48 bits per heavy atom. The van der Waals surface area contributed by atoms with Gasteiger partial charge in [-0.25, -0.2) is 5.48 Å². The van der Waals surface area contributed by atoms with Crippen LogP contribution >= 0.6 is 7.14 Å². The Kier molecular flexibility index (Phi) is 3.91. The van der Waals surface area contributed by atoms with Crippen LogP contribution in [0.4, 0.5) is 0 Å².